The SMILES string of the molecule is CC(=O)C(=O)O[C@]1(O)O[C@H](CO)[C@@H](O)[C@H](O)[C@H]1N. The maximum Gasteiger partial charge on any atom is 0.378 e. The third-order valence-electron chi connectivity index (χ3n) is 2.55. The maximum atomic E-state index is 11.1. The fraction of sp³-hybridized carbons (Fsp3) is 0.778. The average molecular weight is 265 g/mol. The summed E-state index contributed by atoms with van der Waals surface area (Å²) < 4.78 is 9.06. The lowest BCUT2D eigenvalue weighted by molar-refractivity contribution is -0.405. The Balaban J connectivity index is 2.91. The highest BCUT2D eigenvalue weighted by atomic mass is 16.8. The zero-order valence-electron chi connectivity index (χ0n) is 9.52. The Morgan fingerprint density at radius 1 is 1.39 bits per heavy atom. The van der Waals surface area contributed by atoms with E-state index in [1.165, 1.54) is 0 Å². The number of carbonyl (C=O) groups is 2. The van der Waals surface area contributed by atoms with Gasteiger partial charge in [0.15, 0.2) is 0 Å². The van der Waals surface area contributed by atoms with E-state index in [2.05, 4.69) is 4.74 Å². The fourth-order valence-electron chi connectivity index (χ4n) is 1.46. The first-order valence-corrected chi connectivity index (χ1v) is 5.09. The molecule has 9 nitrogen and oxygen atoms in total. The quantitative estimate of drug-likeness (QED) is 0.196. The first kappa shape index (κ1) is 15.0. The number of nitrogens with two attached hydrogens (primary N) is 1. The zero-order chi connectivity index (χ0) is 14.1. The fourth-order valence-corrected chi connectivity index (χ4v) is 1.46. The molecule has 0 amide bonds. The summed E-state index contributed by atoms with van der Waals surface area (Å²) >= 11 is 0. The normalized spacial score (nSPS) is 40.3. The van der Waals surface area contributed by atoms with Gasteiger partial charge in [-0.3, -0.25) is 4.79 Å². The second-order valence-electron chi connectivity index (χ2n) is 3.92. The molecular weight excluding hydrogens is 250 g/mol. The molecule has 0 saturated carbocycles. The predicted octanol–water partition coefficient (Wildman–Crippen LogP) is -3.80. The van der Waals surface area contributed by atoms with Gasteiger partial charge in [-0.2, -0.15) is 0 Å². The van der Waals surface area contributed by atoms with Crippen molar-refractivity contribution in [1.29, 1.82) is 0 Å². The summed E-state index contributed by atoms with van der Waals surface area (Å²) in [6.07, 6.45) is -4.69. The third-order valence-corrected chi connectivity index (χ3v) is 2.55. The van der Waals surface area contributed by atoms with Crippen molar-refractivity contribution in [2.45, 2.75) is 37.3 Å². The largest absolute Gasteiger partial charge is 0.401 e. The number of aliphatic hydroxyl groups is 4. The van der Waals surface area contributed by atoms with Crippen LogP contribution in [0.25, 0.3) is 0 Å². The van der Waals surface area contributed by atoms with Gasteiger partial charge >= 0.3 is 11.9 Å². The van der Waals surface area contributed by atoms with Crippen molar-refractivity contribution < 1.29 is 39.5 Å². The Labute approximate surface area is 102 Å². The van der Waals surface area contributed by atoms with Crippen LogP contribution in [0.2, 0.25) is 0 Å². The van der Waals surface area contributed by atoms with Crippen LogP contribution in [-0.4, -0.2) is 69.1 Å². The van der Waals surface area contributed by atoms with E-state index >= 15 is 0 Å². The number of esters is 1. The third kappa shape index (κ3) is 2.66. The van der Waals surface area contributed by atoms with E-state index in [0.29, 0.717) is 0 Å². The molecule has 6 N–H and O–H groups in total. The Kier molecular flexibility index (Phi) is 4.37. The molecule has 0 spiro atoms. The lowest BCUT2D eigenvalue weighted by atomic mass is 9.96. The predicted molar refractivity (Wildman–Crippen MR) is 53.7 cm³/mol. The standard InChI is InChI=1S/C9H15NO8/c1-3(12)8(15)18-9(16)7(10)6(14)5(13)4(2-11)17-9/h4-7,11,13-14,16H,2,10H2,1H3/t4-,5-,6+,7-,9-/m1/s1. The van der Waals surface area contributed by atoms with Gasteiger partial charge in [-0.1, -0.05) is 0 Å². The van der Waals surface area contributed by atoms with Crippen LogP contribution >= 0.6 is 0 Å². The molecule has 1 fully saturated rings. The van der Waals surface area contributed by atoms with Gasteiger partial charge in [0.25, 0.3) is 0 Å². The Morgan fingerprint density at radius 2 is 1.94 bits per heavy atom. The number of Topliss-reactive ketones (excluding diaryl/α,β-unsaturated/α-hetero) is 1. The van der Waals surface area contributed by atoms with Crippen molar-refractivity contribution in [2.24, 2.45) is 5.73 Å². The number of ether oxygens (including phenoxy) is 2. The molecule has 0 unspecified atom stereocenters. The van der Waals surface area contributed by atoms with Gasteiger partial charge < -0.3 is 35.6 Å². The Hall–Kier alpha value is -1.10. The molecule has 0 aliphatic carbocycles. The number of aliphatic hydroxyl groups excluding tert-OH is 3. The van der Waals surface area contributed by atoms with Crippen LogP contribution < -0.4 is 5.73 Å². The number of ketones is 1. The van der Waals surface area contributed by atoms with Gasteiger partial charge in [-0.05, 0) is 0 Å². The molecule has 0 radical (unpaired) electrons. The molecule has 18 heavy (non-hydrogen) atoms. The molecule has 1 rings (SSSR count). The maximum absolute atomic E-state index is 11.1. The number of carbonyl (C=O) groups excluding carboxylic acids is 2. The minimum Gasteiger partial charge on any atom is -0.401 e. The molecule has 104 valence electrons. The average Bonchev–Trinajstić information content (AvgIpc) is 2.31. The van der Waals surface area contributed by atoms with Gasteiger partial charge in [0.2, 0.25) is 5.78 Å². The van der Waals surface area contributed by atoms with Crippen LogP contribution in [0.15, 0.2) is 0 Å². The Morgan fingerprint density at radius 3 is 2.39 bits per heavy atom. The lowest BCUT2D eigenvalue weighted by Crippen LogP contribution is -2.69. The van der Waals surface area contributed by atoms with E-state index in [1.807, 2.05) is 0 Å². The van der Waals surface area contributed by atoms with Gasteiger partial charge in [0.1, 0.15) is 24.4 Å². The van der Waals surface area contributed by atoms with Gasteiger partial charge in [0, 0.05) is 6.92 Å². The second-order valence-corrected chi connectivity index (χ2v) is 3.92. The topological polar surface area (TPSA) is 160 Å². The van der Waals surface area contributed by atoms with E-state index in [0.717, 1.165) is 6.92 Å². The summed E-state index contributed by atoms with van der Waals surface area (Å²) in [4.78, 5) is 21.8. The van der Waals surface area contributed by atoms with Crippen LogP contribution in [0.3, 0.4) is 0 Å². The van der Waals surface area contributed by atoms with Gasteiger partial charge in [0.05, 0.1) is 6.61 Å². The second kappa shape index (κ2) is 5.26. The van der Waals surface area contributed by atoms with Crippen molar-refractivity contribution in [3.63, 3.8) is 0 Å². The van der Waals surface area contributed by atoms with E-state index in [4.69, 9.17) is 15.6 Å². The van der Waals surface area contributed by atoms with Crippen LogP contribution in [0.5, 0.6) is 0 Å². The van der Waals surface area contributed by atoms with Crippen LogP contribution in [-0.2, 0) is 19.1 Å². The van der Waals surface area contributed by atoms with Crippen molar-refractivity contribution in [1.82, 2.24) is 0 Å². The molecular formula is C9H15NO8. The molecule has 9 heteroatoms. The summed E-state index contributed by atoms with van der Waals surface area (Å²) in [5, 5.41) is 37.7. The minimum absolute atomic E-state index is 0.759. The Bertz CT molecular complexity index is 345. The minimum atomic E-state index is -2.80. The van der Waals surface area contributed by atoms with E-state index in [9.17, 15) is 24.9 Å². The highest BCUT2D eigenvalue weighted by Gasteiger charge is 2.54. The number of hydrogen-bond acceptors (Lipinski definition) is 9. The molecule has 1 aliphatic heterocycles. The number of rotatable bonds is 3. The highest BCUT2D eigenvalue weighted by molar-refractivity contribution is 6.32. The van der Waals surface area contributed by atoms with E-state index in [1.54, 1.807) is 0 Å². The first-order chi connectivity index (χ1) is 8.23. The molecule has 0 bridgehead atoms. The van der Waals surface area contributed by atoms with Crippen LogP contribution in [0.4, 0.5) is 0 Å². The van der Waals surface area contributed by atoms with E-state index in [-0.39, 0.29) is 0 Å². The van der Waals surface area contributed by atoms with E-state index < -0.39 is 48.7 Å². The van der Waals surface area contributed by atoms with Crippen molar-refractivity contribution in [2.75, 3.05) is 6.61 Å². The van der Waals surface area contributed by atoms with Crippen molar-refractivity contribution in [3.05, 3.63) is 0 Å². The molecule has 1 aliphatic rings. The monoisotopic (exact) mass is 265 g/mol. The zero-order valence-corrected chi connectivity index (χ0v) is 9.52. The molecule has 0 aromatic heterocycles. The summed E-state index contributed by atoms with van der Waals surface area (Å²) in [5.74, 6) is -5.23. The summed E-state index contributed by atoms with van der Waals surface area (Å²) in [6, 6.07) is -1.70. The molecule has 0 aromatic carbocycles. The highest BCUT2D eigenvalue weighted by Crippen LogP contribution is 2.28. The van der Waals surface area contributed by atoms with Crippen molar-refractivity contribution in [3.8, 4) is 0 Å². The first-order valence-electron chi connectivity index (χ1n) is 5.09. The molecule has 1 heterocycles. The lowest BCUT2D eigenvalue weighted by Gasteiger charge is -2.44. The summed E-state index contributed by atoms with van der Waals surface area (Å²) in [5.41, 5.74) is 5.36. The summed E-state index contributed by atoms with van der Waals surface area (Å²) in [7, 11) is 0. The molecule has 0 aromatic rings. The van der Waals surface area contributed by atoms with Gasteiger partial charge in [-0.25, -0.2) is 4.79 Å². The number of hydrogen-bond donors (Lipinski definition) is 5. The summed E-state index contributed by atoms with van der Waals surface area (Å²) in [6.45, 7) is 0.139. The van der Waals surface area contributed by atoms with Crippen molar-refractivity contribution >= 4 is 11.8 Å². The van der Waals surface area contributed by atoms with Crippen LogP contribution in [0.1, 0.15) is 6.92 Å². The smallest absolute Gasteiger partial charge is 0.378 e. The molecule has 1 saturated heterocycles. The molecule has 5 atom stereocenters. The van der Waals surface area contributed by atoms with Gasteiger partial charge in [-0.15, -0.1) is 0 Å². The van der Waals surface area contributed by atoms with Crippen LogP contribution in [0, 0.1) is 0 Å².